The van der Waals surface area contributed by atoms with Crippen LogP contribution in [0.4, 0.5) is 13.2 Å². The molecular formula is C29H35F3O2. The van der Waals surface area contributed by atoms with E-state index in [4.69, 9.17) is 9.47 Å². The molecule has 5 heteroatoms. The summed E-state index contributed by atoms with van der Waals surface area (Å²) in [6.07, 6.45) is 9.04. The van der Waals surface area contributed by atoms with E-state index in [0.29, 0.717) is 30.4 Å². The quantitative estimate of drug-likeness (QED) is 0.360. The van der Waals surface area contributed by atoms with Crippen LogP contribution in [0, 0.1) is 29.3 Å². The monoisotopic (exact) mass is 472 g/mol. The van der Waals surface area contributed by atoms with Crippen LogP contribution in [0.2, 0.25) is 0 Å². The van der Waals surface area contributed by atoms with Gasteiger partial charge in [0.25, 0.3) is 0 Å². The van der Waals surface area contributed by atoms with Crippen molar-refractivity contribution in [3.05, 3.63) is 71.6 Å². The summed E-state index contributed by atoms with van der Waals surface area (Å²) in [5, 5.41) is 0. The van der Waals surface area contributed by atoms with Crippen molar-refractivity contribution >= 4 is 0 Å². The van der Waals surface area contributed by atoms with E-state index in [-0.39, 0.29) is 29.3 Å². The Bertz CT molecular complexity index is 974. The first-order valence-electron chi connectivity index (χ1n) is 12.7. The fourth-order valence-electron chi connectivity index (χ4n) is 5.58. The summed E-state index contributed by atoms with van der Waals surface area (Å²) < 4.78 is 55.2. The molecule has 2 aliphatic carbocycles. The predicted octanol–water partition coefficient (Wildman–Crippen LogP) is 8.32. The highest BCUT2D eigenvalue weighted by Crippen LogP contribution is 2.40. The molecule has 34 heavy (non-hydrogen) atoms. The van der Waals surface area contributed by atoms with Crippen LogP contribution >= 0.6 is 0 Å². The van der Waals surface area contributed by atoms with E-state index >= 15 is 0 Å². The van der Waals surface area contributed by atoms with Crippen molar-refractivity contribution in [3.8, 4) is 11.5 Å². The molecule has 0 bridgehead atoms. The van der Waals surface area contributed by atoms with Gasteiger partial charge in [0.15, 0.2) is 11.6 Å². The van der Waals surface area contributed by atoms with Gasteiger partial charge in [-0.15, -0.1) is 6.58 Å². The van der Waals surface area contributed by atoms with Crippen molar-refractivity contribution < 1.29 is 22.6 Å². The lowest BCUT2D eigenvalue weighted by Gasteiger charge is -2.29. The van der Waals surface area contributed by atoms with E-state index in [1.54, 1.807) is 12.1 Å². The third-order valence-electron chi connectivity index (χ3n) is 7.67. The second kappa shape index (κ2) is 11.3. The summed E-state index contributed by atoms with van der Waals surface area (Å²) in [5.41, 5.74) is 1.19. The maximum absolute atomic E-state index is 14.8. The molecule has 0 unspecified atom stereocenters. The second-order valence-corrected chi connectivity index (χ2v) is 9.77. The summed E-state index contributed by atoms with van der Waals surface area (Å²) in [6.45, 7) is 6.57. The first-order valence-corrected chi connectivity index (χ1v) is 12.7. The predicted molar refractivity (Wildman–Crippen MR) is 129 cm³/mol. The van der Waals surface area contributed by atoms with Crippen LogP contribution in [-0.4, -0.2) is 13.2 Å². The number of hydrogen-bond acceptors (Lipinski definition) is 2. The van der Waals surface area contributed by atoms with Gasteiger partial charge in [-0.25, -0.2) is 8.78 Å². The molecule has 2 aliphatic rings. The van der Waals surface area contributed by atoms with Crippen LogP contribution < -0.4 is 9.47 Å². The largest absolute Gasteiger partial charge is 0.494 e. The van der Waals surface area contributed by atoms with Crippen LogP contribution in [0.25, 0.3) is 0 Å². The molecule has 0 saturated heterocycles. The van der Waals surface area contributed by atoms with Crippen LogP contribution in [0.15, 0.2) is 43.0 Å². The fraction of sp³-hybridized carbons (Fsp3) is 0.517. The van der Waals surface area contributed by atoms with Gasteiger partial charge in [0, 0.05) is 6.07 Å². The summed E-state index contributed by atoms with van der Waals surface area (Å²) in [5.74, 6) is -0.388. The lowest BCUT2D eigenvalue weighted by Crippen LogP contribution is -2.20. The zero-order valence-electron chi connectivity index (χ0n) is 20.0. The molecule has 0 radical (unpaired) electrons. The lowest BCUT2D eigenvalue weighted by molar-refractivity contribution is 0.191. The van der Waals surface area contributed by atoms with E-state index in [1.165, 1.54) is 6.07 Å². The van der Waals surface area contributed by atoms with Gasteiger partial charge in [-0.2, -0.15) is 4.39 Å². The number of benzene rings is 2. The Morgan fingerprint density at radius 2 is 1.47 bits per heavy atom. The first kappa shape index (κ1) is 24.7. The molecule has 0 heterocycles. The second-order valence-electron chi connectivity index (χ2n) is 9.77. The molecule has 2 saturated carbocycles. The maximum atomic E-state index is 14.8. The summed E-state index contributed by atoms with van der Waals surface area (Å²) in [7, 11) is 0. The number of allylic oxidation sites excluding steroid dienone is 1. The minimum absolute atomic E-state index is 0.0132. The standard InChI is InChI=1S/C29H35F3O2/c1-3-19-5-9-22(10-6-19)25-15-16-27(29(32)28(25)31)34-18-20-7-11-21(12-8-20)24-14-13-23(33-4-2)17-26(24)30/h3,13-17,19-22H,1,4-12,18H2,2H3. The third kappa shape index (κ3) is 5.61. The topological polar surface area (TPSA) is 18.5 Å². The highest BCUT2D eigenvalue weighted by molar-refractivity contribution is 5.34. The molecule has 0 amide bonds. The third-order valence-corrected chi connectivity index (χ3v) is 7.67. The average molecular weight is 473 g/mol. The van der Waals surface area contributed by atoms with Gasteiger partial charge in [0.05, 0.1) is 13.2 Å². The van der Waals surface area contributed by atoms with Crippen molar-refractivity contribution in [1.29, 1.82) is 0 Å². The Labute approximate surface area is 201 Å². The Morgan fingerprint density at radius 1 is 0.824 bits per heavy atom. The van der Waals surface area contributed by atoms with Gasteiger partial charge >= 0.3 is 0 Å². The van der Waals surface area contributed by atoms with Crippen molar-refractivity contribution in [2.45, 2.75) is 70.1 Å². The van der Waals surface area contributed by atoms with Crippen molar-refractivity contribution in [2.24, 2.45) is 11.8 Å². The van der Waals surface area contributed by atoms with E-state index in [2.05, 4.69) is 6.58 Å². The van der Waals surface area contributed by atoms with Gasteiger partial charge < -0.3 is 9.47 Å². The van der Waals surface area contributed by atoms with Gasteiger partial charge in [0.2, 0.25) is 5.82 Å². The normalized spacial score (nSPS) is 25.1. The Hall–Kier alpha value is -2.43. The smallest absolute Gasteiger partial charge is 0.200 e. The number of hydrogen-bond donors (Lipinski definition) is 0. The fourth-order valence-corrected chi connectivity index (χ4v) is 5.58. The zero-order valence-corrected chi connectivity index (χ0v) is 20.0. The molecule has 0 spiro atoms. The Balaban J connectivity index is 1.30. The molecule has 0 atom stereocenters. The Kier molecular flexibility index (Phi) is 8.23. The molecule has 2 aromatic rings. The highest BCUT2D eigenvalue weighted by Gasteiger charge is 2.27. The molecule has 4 rings (SSSR count). The number of halogens is 3. The first-order chi connectivity index (χ1) is 16.5. The minimum atomic E-state index is -0.881. The molecule has 0 aromatic heterocycles. The van der Waals surface area contributed by atoms with Crippen molar-refractivity contribution in [3.63, 3.8) is 0 Å². The minimum Gasteiger partial charge on any atom is -0.494 e. The SMILES string of the molecule is C=CC1CCC(c2ccc(OCC3CCC(c4ccc(OCC)cc4F)CC3)c(F)c2F)CC1. The van der Waals surface area contributed by atoms with E-state index in [9.17, 15) is 13.2 Å². The molecule has 2 aromatic carbocycles. The lowest BCUT2D eigenvalue weighted by atomic mass is 9.78. The molecular weight excluding hydrogens is 437 g/mol. The molecule has 0 aliphatic heterocycles. The van der Waals surface area contributed by atoms with Crippen molar-refractivity contribution in [1.82, 2.24) is 0 Å². The zero-order chi connectivity index (χ0) is 24.1. The molecule has 184 valence electrons. The summed E-state index contributed by atoms with van der Waals surface area (Å²) in [6, 6.07) is 8.38. The number of ether oxygens (including phenoxy) is 2. The van der Waals surface area contributed by atoms with E-state index < -0.39 is 11.6 Å². The summed E-state index contributed by atoms with van der Waals surface area (Å²) >= 11 is 0. The molecule has 0 N–H and O–H groups in total. The van der Waals surface area contributed by atoms with E-state index in [1.807, 2.05) is 25.1 Å². The van der Waals surface area contributed by atoms with Crippen LogP contribution in [0.3, 0.4) is 0 Å². The highest BCUT2D eigenvalue weighted by atomic mass is 19.2. The van der Waals surface area contributed by atoms with Gasteiger partial charge in [0.1, 0.15) is 11.6 Å². The van der Waals surface area contributed by atoms with Crippen LogP contribution in [0.5, 0.6) is 11.5 Å². The van der Waals surface area contributed by atoms with Gasteiger partial charge in [-0.05, 0) is 105 Å². The van der Waals surface area contributed by atoms with Crippen molar-refractivity contribution in [2.75, 3.05) is 13.2 Å². The van der Waals surface area contributed by atoms with Crippen LogP contribution in [-0.2, 0) is 0 Å². The maximum Gasteiger partial charge on any atom is 0.200 e. The average Bonchev–Trinajstić information content (AvgIpc) is 2.86. The molecule has 2 nitrogen and oxygen atoms in total. The number of rotatable bonds is 8. The summed E-state index contributed by atoms with van der Waals surface area (Å²) in [4.78, 5) is 0. The van der Waals surface area contributed by atoms with E-state index in [0.717, 1.165) is 56.9 Å². The van der Waals surface area contributed by atoms with Gasteiger partial charge in [-0.1, -0.05) is 18.2 Å². The van der Waals surface area contributed by atoms with Gasteiger partial charge in [-0.3, -0.25) is 0 Å². The molecule has 2 fully saturated rings. The van der Waals surface area contributed by atoms with Crippen LogP contribution in [0.1, 0.15) is 81.3 Å². The Morgan fingerprint density at radius 3 is 2.12 bits per heavy atom.